The summed E-state index contributed by atoms with van der Waals surface area (Å²) < 4.78 is 26.6. The van der Waals surface area contributed by atoms with Crippen LogP contribution in [0.25, 0.3) is 10.6 Å². The van der Waals surface area contributed by atoms with E-state index in [9.17, 15) is 9.50 Å². The quantitative estimate of drug-likeness (QED) is 0.492. The first kappa shape index (κ1) is 21.6. The third-order valence-corrected chi connectivity index (χ3v) is 6.16. The molecule has 0 bridgehead atoms. The molecule has 3 aromatic heterocycles. The van der Waals surface area contributed by atoms with E-state index in [-0.39, 0.29) is 12.7 Å². The summed E-state index contributed by atoms with van der Waals surface area (Å²) in [6.07, 6.45) is 1.67. The number of aliphatic hydroxyl groups excluding tert-OH is 1. The molecule has 4 rings (SSSR count). The number of thiazole rings is 1. The number of halogens is 1. The Hall–Kier alpha value is -2.60. The SMILES string of the molecule is COc1ncccc1-c1nc(C(O)Nc2cnn(C)c2[C@@H]2CC[C@@H](N)[C@H](F)CO2)cs1. The van der Waals surface area contributed by atoms with Gasteiger partial charge in [0, 0.05) is 24.7 Å². The molecular weight excluding hydrogens is 423 g/mol. The molecule has 166 valence electrons. The van der Waals surface area contributed by atoms with Gasteiger partial charge in [0.2, 0.25) is 5.88 Å². The standard InChI is InChI=1S/C20H25FN6O3S/c1-27-17(16-6-5-13(22)12(21)9-30-16)14(8-24-27)25-18(28)15-10-31-20(26-15)11-4-3-7-23-19(11)29-2/h3-4,7-8,10,12-13,16,18,25,28H,5-6,9,22H2,1-2H3/t12-,13-,16+,18?/m1/s1. The molecule has 0 radical (unpaired) electrons. The number of nitrogens with zero attached hydrogens (tertiary/aromatic N) is 4. The highest BCUT2D eigenvalue weighted by molar-refractivity contribution is 7.13. The maximum Gasteiger partial charge on any atom is 0.223 e. The van der Waals surface area contributed by atoms with E-state index in [4.69, 9.17) is 15.2 Å². The fraction of sp³-hybridized carbons (Fsp3) is 0.450. The van der Waals surface area contributed by atoms with Crippen LogP contribution in [0.5, 0.6) is 5.88 Å². The molecule has 0 spiro atoms. The van der Waals surface area contributed by atoms with Gasteiger partial charge < -0.3 is 25.6 Å². The minimum absolute atomic E-state index is 0.0681. The lowest BCUT2D eigenvalue weighted by atomic mass is 10.0. The van der Waals surface area contributed by atoms with Crippen LogP contribution in [0.4, 0.5) is 10.1 Å². The van der Waals surface area contributed by atoms with Gasteiger partial charge in [-0.3, -0.25) is 4.68 Å². The molecule has 9 nitrogen and oxygen atoms in total. The zero-order valence-corrected chi connectivity index (χ0v) is 18.1. The Balaban J connectivity index is 1.52. The van der Waals surface area contributed by atoms with Crippen molar-refractivity contribution >= 4 is 17.0 Å². The third kappa shape index (κ3) is 4.54. The van der Waals surface area contributed by atoms with E-state index in [1.807, 2.05) is 6.07 Å². The first-order chi connectivity index (χ1) is 15.0. The Morgan fingerprint density at radius 2 is 2.29 bits per heavy atom. The summed E-state index contributed by atoms with van der Waals surface area (Å²) >= 11 is 1.38. The van der Waals surface area contributed by atoms with Crippen LogP contribution >= 0.6 is 11.3 Å². The van der Waals surface area contributed by atoms with E-state index in [1.165, 1.54) is 11.3 Å². The van der Waals surface area contributed by atoms with Crippen LogP contribution in [0.1, 0.15) is 36.6 Å². The largest absolute Gasteiger partial charge is 0.480 e. The van der Waals surface area contributed by atoms with Crippen molar-refractivity contribution < 1.29 is 19.0 Å². The highest BCUT2D eigenvalue weighted by Gasteiger charge is 2.30. The lowest BCUT2D eigenvalue weighted by Crippen LogP contribution is -2.32. The summed E-state index contributed by atoms with van der Waals surface area (Å²) in [6, 6.07) is 3.12. The van der Waals surface area contributed by atoms with Gasteiger partial charge in [-0.05, 0) is 25.0 Å². The maximum atomic E-state index is 13.9. The summed E-state index contributed by atoms with van der Waals surface area (Å²) in [6.45, 7) is -0.0681. The van der Waals surface area contributed by atoms with Crippen LogP contribution < -0.4 is 15.8 Å². The molecule has 1 unspecified atom stereocenters. The third-order valence-electron chi connectivity index (χ3n) is 5.26. The molecule has 1 aliphatic heterocycles. The van der Waals surface area contributed by atoms with Gasteiger partial charge in [0.05, 0.1) is 36.9 Å². The molecular formula is C20H25FN6O3S. The van der Waals surface area contributed by atoms with Gasteiger partial charge in [-0.15, -0.1) is 11.3 Å². The molecule has 0 aliphatic carbocycles. The summed E-state index contributed by atoms with van der Waals surface area (Å²) in [4.78, 5) is 8.72. The number of hydrogen-bond acceptors (Lipinski definition) is 9. The monoisotopic (exact) mass is 448 g/mol. The first-order valence-electron chi connectivity index (χ1n) is 9.90. The molecule has 0 saturated carbocycles. The van der Waals surface area contributed by atoms with Gasteiger partial charge in [0.15, 0.2) is 6.23 Å². The second-order valence-corrected chi connectivity index (χ2v) is 8.19. The van der Waals surface area contributed by atoms with Crippen molar-refractivity contribution in [2.45, 2.75) is 37.4 Å². The molecule has 31 heavy (non-hydrogen) atoms. The topological polar surface area (TPSA) is 120 Å². The van der Waals surface area contributed by atoms with Gasteiger partial charge in [0.25, 0.3) is 0 Å². The number of nitrogens with two attached hydrogens (primary N) is 1. The highest BCUT2D eigenvalue weighted by atomic mass is 32.1. The number of ether oxygens (including phenoxy) is 2. The van der Waals surface area contributed by atoms with Crippen molar-refractivity contribution in [1.29, 1.82) is 0 Å². The van der Waals surface area contributed by atoms with E-state index in [2.05, 4.69) is 20.4 Å². The molecule has 4 atom stereocenters. The second-order valence-electron chi connectivity index (χ2n) is 7.33. The van der Waals surface area contributed by atoms with E-state index >= 15 is 0 Å². The van der Waals surface area contributed by atoms with Crippen LogP contribution in [-0.4, -0.2) is 50.8 Å². The maximum absolute atomic E-state index is 13.9. The predicted molar refractivity (Wildman–Crippen MR) is 114 cm³/mol. The minimum Gasteiger partial charge on any atom is -0.480 e. The Bertz CT molecular complexity index is 1020. The number of aryl methyl sites for hydroxylation is 1. The number of aliphatic hydroxyl groups is 1. The van der Waals surface area contributed by atoms with E-state index in [0.717, 1.165) is 11.3 Å². The summed E-state index contributed by atoms with van der Waals surface area (Å²) in [7, 11) is 3.33. The molecule has 1 aliphatic rings. The molecule has 4 heterocycles. The van der Waals surface area contributed by atoms with Crippen LogP contribution in [0, 0.1) is 0 Å². The van der Waals surface area contributed by atoms with Crippen LogP contribution in [0.2, 0.25) is 0 Å². The fourth-order valence-electron chi connectivity index (χ4n) is 3.57. The van der Waals surface area contributed by atoms with Gasteiger partial charge in [-0.1, -0.05) is 0 Å². The van der Waals surface area contributed by atoms with E-state index < -0.39 is 18.4 Å². The Morgan fingerprint density at radius 1 is 1.45 bits per heavy atom. The molecule has 1 fully saturated rings. The smallest absolute Gasteiger partial charge is 0.223 e. The summed E-state index contributed by atoms with van der Waals surface area (Å²) in [5.41, 5.74) is 8.37. The molecule has 3 aromatic rings. The van der Waals surface area contributed by atoms with Gasteiger partial charge >= 0.3 is 0 Å². The summed E-state index contributed by atoms with van der Waals surface area (Å²) in [5, 5.41) is 20.5. The van der Waals surface area contributed by atoms with E-state index in [1.54, 1.807) is 42.7 Å². The van der Waals surface area contributed by atoms with Crippen LogP contribution in [-0.2, 0) is 11.8 Å². The van der Waals surface area contributed by atoms with Gasteiger partial charge in [-0.2, -0.15) is 5.10 Å². The predicted octanol–water partition coefficient (Wildman–Crippen LogP) is 2.57. The number of hydrogen-bond donors (Lipinski definition) is 3. The number of pyridine rings is 1. The van der Waals surface area contributed by atoms with Crippen molar-refractivity contribution in [2.75, 3.05) is 19.0 Å². The molecule has 1 saturated heterocycles. The lowest BCUT2D eigenvalue weighted by Gasteiger charge is -2.19. The Kier molecular flexibility index (Phi) is 6.46. The van der Waals surface area contributed by atoms with Gasteiger partial charge in [0.1, 0.15) is 23.0 Å². The van der Waals surface area contributed by atoms with Crippen molar-refractivity contribution in [2.24, 2.45) is 12.8 Å². The normalized spacial score (nSPS) is 22.7. The second kappa shape index (κ2) is 9.27. The van der Waals surface area contributed by atoms with Crippen molar-refractivity contribution in [3.05, 3.63) is 41.3 Å². The highest BCUT2D eigenvalue weighted by Crippen LogP contribution is 2.35. The van der Waals surface area contributed by atoms with Crippen molar-refractivity contribution in [3.63, 3.8) is 0 Å². The fourth-order valence-corrected chi connectivity index (χ4v) is 4.42. The zero-order chi connectivity index (χ0) is 22.0. The molecule has 11 heteroatoms. The molecule has 0 aromatic carbocycles. The molecule has 0 amide bonds. The zero-order valence-electron chi connectivity index (χ0n) is 17.2. The lowest BCUT2D eigenvalue weighted by molar-refractivity contribution is 0.0246. The first-order valence-corrected chi connectivity index (χ1v) is 10.8. The summed E-state index contributed by atoms with van der Waals surface area (Å²) in [5.74, 6) is 0.468. The Labute approximate surface area is 183 Å². The number of methoxy groups -OCH3 is 1. The van der Waals surface area contributed by atoms with Gasteiger partial charge in [-0.25, -0.2) is 14.4 Å². The van der Waals surface area contributed by atoms with E-state index in [0.29, 0.717) is 35.1 Å². The molecule has 4 N–H and O–H groups in total. The van der Waals surface area contributed by atoms with Crippen molar-refractivity contribution in [3.8, 4) is 16.5 Å². The number of anilines is 1. The minimum atomic E-state index is -1.20. The van der Waals surface area contributed by atoms with Crippen LogP contribution in [0.3, 0.4) is 0 Å². The average Bonchev–Trinajstić information content (AvgIpc) is 3.37. The number of rotatable bonds is 6. The number of alkyl halides is 1. The Morgan fingerprint density at radius 3 is 3.10 bits per heavy atom. The van der Waals surface area contributed by atoms with Crippen molar-refractivity contribution in [1.82, 2.24) is 19.7 Å². The number of aromatic nitrogens is 4. The average molecular weight is 449 g/mol. The van der Waals surface area contributed by atoms with Crippen LogP contribution in [0.15, 0.2) is 29.9 Å². The number of nitrogens with one attached hydrogen (secondary N) is 1.